The number of β-amino-alcohol motifs (C(OH)–C–C–N with tert-alkyl or cyclic N) is 1. The van der Waals surface area contributed by atoms with Crippen LogP contribution in [0.4, 0.5) is 0 Å². The highest BCUT2D eigenvalue weighted by Gasteiger charge is 2.36. The number of aliphatic hydroxyl groups is 1. The molecule has 1 atom stereocenters. The molecular formula is C13H27NO2. The minimum absolute atomic E-state index is 0.304. The summed E-state index contributed by atoms with van der Waals surface area (Å²) in [6.07, 6.45) is 4.39. The zero-order valence-electron chi connectivity index (χ0n) is 11.0. The minimum Gasteiger partial charge on any atom is -0.389 e. The normalized spacial score (nSPS) is 20.1. The van der Waals surface area contributed by atoms with Gasteiger partial charge in [-0.15, -0.1) is 0 Å². The van der Waals surface area contributed by atoms with E-state index >= 15 is 0 Å². The van der Waals surface area contributed by atoms with Crippen LogP contribution in [-0.4, -0.2) is 36.5 Å². The van der Waals surface area contributed by atoms with Crippen LogP contribution >= 0.6 is 0 Å². The van der Waals surface area contributed by atoms with Crippen molar-refractivity contribution >= 4 is 0 Å². The van der Waals surface area contributed by atoms with Crippen LogP contribution in [0.5, 0.6) is 0 Å². The first-order valence-electron chi connectivity index (χ1n) is 6.53. The molecule has 0 amide bonds. The molecule has 0 aromatic rings. The Morgan fingerprint density at radius 3 is 2.62 bits per heavy atom. The van der Waals surface area contributed by atoms with Crippen LogP contribution in [0.3, 0.4) is 0 Å². The molecular weight excluding hydrogens is 202 g/mol. The molecule has 2 N–H and O–H groups in total. The average molecular weight is 229 g/mol. The average Bonchev–Trinajstić information content (AvgIpc) is 2.93. The fourth-order valence-electron chi connectivity index (χ4n) is 1.60. The number of aliphatic hydroxyl groups excluding tert-OH is 1. The first kappa shape index (κ1) is 13.9. The van der Waals surface area contributed by atoms with Crippen LogP contribution in [0.15, 0.2) is 0 Å². The van der Waals surface area contributed by atoms with Crippen molar-refractivity contribution in [2.45, 2.75) is 58.1 Å². The van der Waals surface area contributed by atoms with Gasteiger partial charge in [-0.25, -0.2) is 0 Å². The molecule has 1 fully saturated rings. The molecule has 1 unspecified atom stereocenters. The molecule has 0 heterocycles. The summed E-state index contributed by atoms with van der Waals surface area (Å²) >= 11 is 0. The Bertz CT molecular complexity index is 190. The number of rotatable bonds is 9. The van der Waals surface area contributed by atoms with Gasteiger partial charge in [-0.1, -0.05) is 13.8 Å². The Morgan fingerprint density at radius 2 is 2.06 bits per heavy atom. The van der Waals surface area contributed by atoms with Crippen LogP contribution in [0.2, 0.25) is 0 Å². The van der Waals surface area contributed by atoms with Gasteiger partial charge in [-0.3, -0.25) is 0 Å². The van der Waals surface area contributed by atoms with Crippen molar-refractivity contribution in [2.24, 2.45) is 5.92 Å². The van der Waals surface area contributed by atoms with Gasteiger partial charge in [0.1, 0.15) is 0 Å². The zero-order chi connectivity index (χ0) is 12.0. The van der Waals surface area contributed by atoms with E-state index in [1.165, 1.54) is 19.3 Å². The largest absolute Gasteiger partial charge is 0.389 e. The van der Waals surface area contributed by atoms with Crippen molar-refractivity contribution in [1.29, 1.82) is 0 Å². The van der Waals surface area contributed by atoms with Gasteiger partial charge in [0.25, 0.3) is 0 Å². The Labute approximate surface area is 99.6 Å². The number of nitrogens with one attached hydrogen (secondary N) is 1. The molecule has 0 aromatic heterocycles. The second kappa shape index (κ2) is 6.58. The molecule has 1 rings (SSSR count). The van der Waals surface area contributed by atoms with Crippen molar-refractivity contribution < 1.29 is 9.84 Å². The molecule has 1 saturated carbocycles. The number of hydrogen-bond donors (Lipinski definition) is 2. The van der Waals surface area contributed by atoms with Gasteiger partial charge < -0.3 is 15.2 Å². The van der Waals surface area contributed by atoms with Crippen LogP contribution in [0.25, 0.3) is 0 Å². The third kappa shape index (κ3) is 6.46. The highest BCUT2D eigenvalue weighted by molar-refractivity contribution is 4.97. The van der Waals surface area contributed by atoms with E-state index in [9.17, 15) is 5.11 Å². The summed E-state index contributed by atoms with van der Waals surface area (Å²) < 4.78 is 5.44. The molecule has 96 valence electrons. The Hall–Kier alpha value is -0.120. The maximum absolute atomic E-state index is 9.66. The lowest BCUT2D eigenvalue weighted by molar-refractivity contribution is 0.0333. The van der Waals surface area contributed by atoms with Crippen LogP contribution in [0, 0.1) is 5.92 Å². The van der Waals surface area contributed by atoms with E-state index < -0.39 is 0 Å². The third-order valence-corrected chi connectivity index (χ3v) is 3.14. The smallest absolute Gasteiger partial charge is 0.0897 e. The highest BCUT2D eigenvalue weighted by Crippen LogP contribution is 2.33. The fraction of sp³-hybridized carbons (Fsp3) is 1.00. The fourth-order valence-corrected chi connectivity index (χ4v) is 1.60. The van der Waals surface area contributed by atoms with Crippen LogP contribution in [-0.2, 0) is 4.74 Å². The maximum atomic E-state index is 9.66. The molecule has 16 heavy (non-hydrogen) atoms. The first-order chi connectivity index (χ1) is 7.52. The van der Waals surface area contributed by atoms with Crippen molar-refractivity contribution in [2.75, 3.05) is 19.8 Å². The lowest BCUT2D eigenvalue weighted by Crippen LogP contribution is -2.37. The predicted octanol–water partition coefficient (Wildman–Crippen LogP) is 1.94. The van der Waals surface area contributed by atoms with Crippen LogP contribution < -0.4 is 5.32 Å². The van der Waals surface area contributed by atoms with Gasteiger partial charge in [0, 0.05) is 18.7 Å². The SMILES string of the molecule is CC(C)CCCOCC(O)CNC1(C)CC1. The molecule has 0 aliphatic heterocycles. The summed E-state index contributed by atoms with van der Waals surface area (Å²) in [5, 5.41) is 13.0. The lowest BCUT2D eigenvalue weighted by atomic mass is 10.1. The maximum Gasteiger partial charge on any atom is 0.0897 e. The van der Waals surface area contributed by atoms with E-state index in [-0.39, 0.29) is 6.10 Å². The molecule has 3 nitrogen and oxygen atoms in total. The van der Waals surface area contributed by atoms with Crippen molar-refractivity contribution in [3.05, 3.63) is 0 Å². The van der Waals surface area contributed by atoms with Gasteiger partial charge in [0.2, 0.25) is 0 Å². The monoisotopic (exact) mass is 229 g/mol. The quantitative estimate of drug-likeness (QED) is 0.594. The van der Waals surface area contributed by atoms with Gasteiger partial charge in [-0.2, -0.15) is 0 Å². The summed E-state index contributed by atoms with van der Waals surface area (Å²) in [4.78, 5) is 0. The van der Waals surface area contributed by atoms with Gasteiger partial charge in [0.05, 0.1) is 12.7 Å². The van der Waals surface area contributed by atoms with E-state index in [4.69, 9.17) is 4.74 Å². The Kier molecular flexibility index (Phi) is 5.73. The lowest BCUT2D eigenvalue weighted by Gasteiger charge is -2.16. The summed E-state index contributed by atoms with van der Waals surface area (Å²) in [7, 11) is 0. The molecule has 0 radical (unpaired) electrons. The second-order valence-corrected chi connectivity index (χ2v) is 5.71. The van der Waals surface area contributed by atoms with E-state index in [2.05, 4.69) is 26.1 Å². The number of hydrogen-bond acceptors (Lipinski definition) is 3. The summed E-state index contributed by atoms with van der Waals surface area (Å²) in [5.41, 5.74) is 0.304. The van der Waals surface area contributed by atoms with Crippen molar-refractivity contribution in [1.82, 2.24) is 5.32 Å². The van der Waals surface area contributed by atoms with E-state index in [1.807, 2.05) is 0 Å². The highest BCUT2D eigenvalue weighted by atomic mass is 16.5. The summed E-state index contributed by atoms with van der Waals surface area (Å²) in [6, 6.07) is 0. The van der Waals surface area contributed by atoms with Gasteiger partial charge in [-0.05, 0) is 38.5 Å². The molecule has 1 aliphatic carbocycles. The molecule has 0 spiro atoms. The van der Waals surface area contributed by atoms with Gasteiger partial charge >= 0.3 is 0 Å². The summed E-state index contributed by atoms with van der Waals surface area (Å²) in [6.45, 7) is 8.52. The Balaban J connectivity index is 1.88. The molecule has 3 heteroatoms. The Morgan fingerprint density at radius 1 is 1.38 bits per heavy atom. The van der Waals surface area contributed by atoms with E-state index in [1.54, 1.807) is 0 Å². The minimum atomic E-state index is -0.364. The van der Waals surface area contributed by atoms with Crippen molar-refractivity contribution in [3.63, 3.8) is 0 Å². The first-order valence-corrected chi connectivity index (χ1v) is 6.53. The molecule has 0 saturated heterocycles. The zero-order valence-corrected chi connectivity index (χ0v) is 11.0. The standard InChI is InChI=1S/C13H27NO2/c1-11(2)5-4-8-16-10-12(15)9-14-13(3)6-7-13/h11-12,14-15H,4-10H2,1-3H3. The predicted molar refractivity (Wildman–Crippen MR) is 66.5 cm³/mol. The molecule has 0 bridgehead atoms. The second-order valence-electron chi connectivity index (χ2n) is 5.71. The molecule has 0 aromatic carbocycles. The van der Waals surface area contributed by atoms with Crippen LogP contribution in [0.1, 0.15) is 46.5 Å². The van der Waals surface area contributed by atoms with Crippen molar-refractivity contribution in [3.8, 4) is 0 Å². The summed E-state index contributed by atoms with van der Waals surface area (Å²) in [5.74, 6) is 0.741. The number of ether oxygens (including phenoxy) is 1. The third-order valence-electron chi connectivity index (χ3n) is 3.14. The molecule has 1 aliphatic rings. The van der Waals surface area contributed by atoms with E-state index in [0.29, 0.717) is 18.7 Å². The topological polar surface area (TPSA) is 41.5 Å². The van der Waals surface area contributed by atoms with Gasteiger partial charge in [0.15, 0.2) is 0 Å². The van der Waals surface area contributed by atoms with E-state index in [0.717, 1.165) is 18.9 Å².